The van der Waals surface area contributed by atoms with Gasteiger partial charge in [-0.15, -0.1) is 0 Å². The predicted molar refractivity (Wildman–Crippen MR) is 168 cm³/mol. The number of fused-ring (bicyclic) bond motifs is 1. The van der Waals surface area contributed by atoms with Crippen LogP contribution in [0.25, 0.3) is 6.08 Å². The molecule has 2 aromatic rings. The van der Waals surface area contributed by atoms with Crippen LogP contribution in [0.15, 0.2) is 47.6 Å². The van der Waals surface area contributed by atoms with E-state index >= 15 is 0 Å². The number of phenolic OH excluding ortho intramolecular Hbond substituents is 1. The smallest absolute Gasteiger partial charge is 0.247 e. The molecule has 1 amide bonds. The molecule has 2 aromatic carbocycles. The summed E-state index contributed by atoms with van der Waals surface area (Å²) >= 11 is 18.1. The van der Waals surface area contributed by atoms with Crippen LogP contribution in [0, 0.1) is 0 Å². The Morgan fingerprint density at radius 3 is 2.28 bits per heavy atom. The number of ether oxygens (including phenoxy) is 5. The molecule has 1 aliphatic carbocycles. The van der Waals surface area contributed by atoms with Crippen LogP contribution in [0.2, 0.25) is 15.1 Å². The number of carbonyl (C=O) groups is 1. The summed E-state index contributed by atoms with van der Waals surface area (Å²) in [6.07, 6.45) is -8.06. The molecule has 47 heavy (non-hydrogen) atoms. The number of rotatable bonds is 9. The zero-order valence-electron chi connectivity index (χ0n) is 25.0. The summed E-state index contributed by atoms with van der Waals surface area (Å²) < 4.78 is 27.6. The van der Waals surface area contributed by atoms with Crippen molar-refractivity contribution in [2.24, 2.45) is 0 Å². The number of hydrogen-bond acceptors (Lipinski definition) is 12. The summed E-state index contributed by atoms with van der Waals surface area (Å²) in [5.74, 6) is -0.742. The lowest BCUT2D eigenvalue weighted by Crippen LogP contribution is -2.67. The molecule has 13 nitrogen and oxygen atoms in total. The van der Waals surface area contributed by atoms with Gasteiger partial charge in [-0.3, -0.25) is 4.79 Å². The van der Waals surface area contributed by atoms with Crippen molar-refractivity contribution >= 4 is 46.8 Å². The molecule has 3 aliphatic rings. The Labute approximate surface area is 284 Å². The van der Waals surface area contributed by atoms with Gasteiger partial charge in [-0.05, 0) is 55.3 Å². The molecule has 7 N–H and O–H groups in total. The molecule has 10 atom stereocenters. The summed E-state index contributed by atoms with van der Waals surface area (Å²) in [7, 11) is 0. The molecule has 1 saturated carbocycles. The number of phenols is 1. The SMILES string of the molecule is CC(=Cc1ccc(O[C@@H]2O[C@H](C(C)=CCOc3cc(Cl)c(Cl)cc3Cl)[C@@H](O)[C@@H]2O)c(O)c1)C(=O)N[C@@H]1[C@H](O)[C@@H](O)[C@H]2OCO[C@H]2[C@@H]1O. The summed E-state index contributed by atoms with van der Waals surface area (Å²) in [6.45, 7) is 3.04. The van der Waals surface area contributed by atoms with Crippen LogP contribution in [0.4, 0.5) is 0 Å². The first-order chi connectivity index (χ1) is 22.3. The van der Waals surface area contributed by atoms with Crippen molar-refractivity contribution in [2.45, 2.75) is 75.0 Å². The van der Waals surface area contributed by atoms with Crippen LogP contribution in [0.1, 0.15) is 19.4 Å². The average molecular weight is 719 g/mol. The Morgan fingerprint density at radius 1 is 0.894 bits per heavy atom. The van der Waals surface area contributed by atoms with Gasteiger partial charge in [0.15, 0.2) is 11.5 Å². The van der Waals surface area contributed by atoms with E-state index in [0.29, 0.717) is 16.9 Å². The maximum atomic E-state index is 12.9. The van der Waals surface area contributed by atoms with Crippen LogP contribution < -0.4 is 14.8 Å². The number of benzene rings is 2. The highest BCUT2D eigenvalue weighted by molar-refractivity contribution is 6.43. The number of carbonyl (C=O) groups excluding carboxylic acids is 1. The highest BCUT2D eigenvalue weighted by atomic mass is 35.5. The van der Waals surface area contributed by atoms with Crippen molar-refractivity contribution in [1.82, 2.24) is 5.32 Å². The van der Waals surface area contributed by atoms with Gasteiger partial charge in [-0.2, -0.15) is 0 Å². The maximum Gasteiger partial charge on any atom is 0.247 e. The molecule has 0 aromatic heterocycles. The Bertz CT molecular complexity index is 1540. The van der Waals surface area contributed by atoms with Crippen molar-refractivity contribution < 1.29 is 59.1 Å². The molecule has 3 fully saturated rings. The fraction of sp³-hybridized carbons (Fsp3) is 0.452. The van der Waals surface area contributed by atoms with E-state index in [1.165, 1.54) is 43.3 Å². The van der Waals surface area contributed by atoms with Crippen LogP contribution in [-0.4, -0.2) is 111 Å². The first-order valence-electron chi connectivity index (χ1n) is 14.5. The van der Waals surface area contributed by atoms with Crippen molar-refractivity contribution in [3.8, 4) is 17.2 Å². The second-order valence-electron chi connectivity index (χ2n) is 11.4. The number of halogens is 3. The van der Waals surface area contributed by atoms with Gasteiger partial charge in [-0.1, -0.05) is 40.9 Å². The largest absolute Gasteiger partial charge is 0.504 e. The molecule has 0 radical (unpaired) electrons. The second kappa shape index (κ2) is 14.8. The first-order valence-corrected chi connectivity index (χ1v) is 15.6. The highest BCUT2D eigenvalue weighted by Crippen LogP contribution is 2.36. The zero-order valence-corrected chi connectivity index (χ0v) is 27.3. The van der Waals surface area contributed by atoms with Crippen molar-refractivity contribution in [2.75, 3.05) is 13.4 Å². The van der Waals surface area contributed by atoms with E-state index in [1.54, 1.807) is 13.0 Å². The third-order valence-electron chi connectivity index (χ3n) is 8.16. The Balaban J connectivity index is 1.18. The average Bonchev–Trinajstić information content (AvgIpc) is 3.63. The van der Waals surface area contributed by atoms with E-state index in [0.717, 1.165) is 0 Å². The van der Waals surface area contributed by atoms with E-state index < -0.39 is 67.1 Å². The van der Waals surface area contributed by atoms with Gasteiger partial charge >= 0.3 is 0 Å². The van der Waals surface area contributed by atoms with Crippen LogP contribution in [-0.2, 0) is 19.0 Å². The molecule has 256 valence electrons. The minimum Gasteiger partial charge on any atom is -0.504 e. The van der Waals surface area contributed by atoms with Crippen molar-refractivity contribution in [3.05, 3.63) is 68.2 Å². The molecule has 0 unspecified atom stereocenters. The van der Waals surface area contributed by atoms with E-state index in [4.69, 9.17) is 58.5 Å². The Morgan fingerprint density at radius 2 is 1.57 bits per heavy atom. The van der Waals surface area contributed by atoms with E-state index in [-0.39, 0.29) is 45.5 Å². The van der Waals surface area contributed by atoms with E-state index in [9.17, 15) is 35.4 Å². The molecular formula is C31H34Cl3NO12. The van der Waals surface area contributed by atoms with Gasteiger partial charge in [0.2, 0.25) is 12.2 Å². The molecule has 0 bridgehead atoms. The zero-order chi connectivity index (χ0) is 34.2. The molecule has 0 spiro atoms. The number of nitrogens with one attached hydrogen (secondary N) is 1. The van der Waals surface area contributed by atoms with Gasteiger partial charge in [0.25, 0.3) is 0 Å². The summed E-state index contributed by atoms with van der Waals surface area (Å²) in [5.41, 5.74) is 1.08. The number of amides is 1. The summed E-state index contributed by atoms with van der Waals surface area (Å²) in [5, 5.41) is 66.6. The number of aromatic hydroxyl groups is 1. The number of aliphatic hydroxyl groups excluding tert-OH is 5. The molecule has 2 saturated heterocycles. The van der Waals surface area contributed by atoms with E-state index in [1.807, 2.05) is 0 Å². The van der Waals surface area contributed by atoms with Gasteiger partial charge in [0.05, 0.1) is 21.1 Å². The lowest BCUT2D eigenvalue weighted by atomic mass is 9.83. The van der Waals surface area contributed by atoms with Crippen LogP contribution >= 0.6 is 34.8 Å². The van der Waals surface area contributed by atoms with Crippen LogP contribution in [0.5, 0.6) is 17.2 Å². The highest BCUT2D eigenvalue weighted by Gasteiger charge is 2.53. The minimum atomic E-state index is -1.50. The van der Waals surface area contributed by atoms with Crippen molar-refractivity contribution in [3.63, 3.8) is 0 Å². The molecule has 2 heterocycles. The van der Waals surface area contributed by atoms with Gasteiger partial charge < -0.3 is 59.6 Å². The molecule has 2 aliphatic heterocycles. The third kappa shape index (κ3) is 7.66. The molecule has 5 rings (SSSR count). The maximum absolute atomic E-state index is 12.9. The predicted octanol–water partition coefficient (Wildman–Crippen LogP) is 1.93. The fourth-order valence-corrected chi connectivity index (χ4v) is 6.09. The van der Waals surface area contributed by atoms with E-state index in [2.05, 4.69) is 5.32 Å². The standard InChI is InChI=1S/C31H34Cl3NO12/c1-12(5-6-43-20-10-16(33)15(32)9-17(20)34)27-25(40)26(41)31(47-27)46-19-4-3-14(8-18(19)36)7-13(2)30(42)35-21-22(37)24(39)29-28(23(21)38)44-11-45-29/h3-5,7-10,21-29,31,36-41H,6,11H2,1-2H3,(H,35,42)/t21-,22+,23-,24-,25+,26+,27-,28+,29-,31-/m1/s1. The Kier molecular flexibility index (Phi) is 11.3. The number of aliphatic hydroxyl groups is 5. The molecule has 16 heteroatoms. The summed E-state index contributed by atoms with van der Waals surface area (Å²) in [6, 6.07) is 5.93. The monoisotopic (exact) mass is 717 g/mol. The van der Waals surface area contributed by atoms with Gasteiger partial charge in [0.1, 0.15) is 68.0 Å². The topological polar surface area (TPSA) is 197 Å². The quantitative estimate of drug-likeness (QED) is 0.113. The van der Waals surface area contributed by atoms with Crippen molar-refractivity contribution in [1.29, 1.82) is 0 Å². The minimum absolute atomic E-state index is 0.0407. The van der Waals surface area contributed by atoms with Crippen LogP contribution in [0.3, 0.4) is 0 Å². The lowest BCUT2D eigenvalue weighted by molar-refractivity contribution is -0.155. The van der Waals surface area contributed by atoms with Gasteiger partial charge in [0, 0.05) is 11.6 Å². The third-order valence-corrected chi connectivity index (χ3v) is 9.17. The fourth-order valence-electron chi connectivity index (χ4n) is 5.50. The second-order valence-corrected chi connectivity index (χ2v) is 12.6. The Hall–Kier alpha value is -2.66. The lowest BCUT2D eigenvalue weighted by Gasteiger charge is -2.41. The molecular weight excluding hydrogens is 685 g/mol. The first kappa shape index (κ1) is 35.6. The number of hydrogen-bond donors (Lipinski definition) is 7. The van der Waals surface area contributed by atoms with Gasteiger partial charge in [-0.25, -0.2) is 0 Å². The normalized spacial score (nSPS) is 32.6. The summed E-state index contributed by atoms with van der Waals surface area (Å²) in [4.78, 5) is 12.9.